The zero-order valence-corrected chi connectivity index (χ0v) is 7.11. The number of nitrogens with zero attached hydrogens (tertiary/aromatic N) is 1. The largest absolute Gasteiger partial charge is 0.323 e. The van der Waals surface area contributed by atoms with E-state index in [2.05, 4.69) is 17.4 Å². The molecular formula is C7H12N2S. The van der Waals surface area contributed by atoms with Crippen LogP contribution in [-0.2, 0) is 0 Å². The van der Waals surface area contributed by atoms with Crippen LogP contribution < -0.4 is 5.73 Å². The molecule has 0 saturated heterocycles. The monoisotopic (exact) mass is 156 g/mol. The Kier molecular flexibility index (Phi) is 2.40. The maximum atomic E-state index is 5.78. The van der Waals surface area contributed by atoms with Crippen LogP contribution in [0.5, 0.6) is 0 Å². The summed E-state index contributed by atoms with van der Waals surface area (Å²) < 4.78 is 4.15. The highest BCUT2D eigenvalue weighted by atomic mass is 32.1. The minimum Gasteiger partial charge on any atom is -0.323 e. The van der Waals surface area contributed by atoms with Gasteiger partial charge in [-0.05, 0) is 30.9 Å². The summed E-state index contributed by atoms with van der Waals surface area (Å²) in [5.41, 5.74) is 6.85. The molecule has 1 aromatic rings. The van der Waals surface area contributed by atoms with E-state index in [1.165, 1.54) is 16.4 Å². The second-order valence-electron chi connectivity index (χ2n) is 2.39. The van der Waals surface area contributed by atoms with Crippen molar-refractivity contribution in [3.8, 4) is 0 Å². The van der Waals surface area contributed by atoms with Crippen molar-refractivity contribution in [2.75, 3.05) is 0 Å². The summed E-state index contributed by atoms with van der Waals surface area (Å²) in [5, 5.41) is 0. The quantitative estimate of drug-likeness (QED) is 0.709. The molecule has 56 valence electrons. The molecule has 0 aliphatic heterocycles. The molecule has 3 heteroatoms. The molecule has 0 amide bonds. The Morgan fingerprint density at radius 1 is 1.80 bits per heavy atom. The van der Waals surface area contributed by atoms with Crippen LogP contribution in [0.2, 0.25) is 0 Å². The highest BCUT2D eigenvalue weighted by molar-refractivity contribution is 7.05. The predicted octanol–water partition coefficient (Wildman–Crippen LogP) is 1.86. The lowest BCUT2D eigenvalue weighted by molar-refractivity contribution is 0.712. The maximum absolute atomic E-state index is 5.78. The number of hydrogen-bond donors (Lipinski definition) is 1. The highest BCUT2D eigenvalue weighted by Crippen LogP contribution is 2.18. The summed E-state index contributed by atoms with van der Waals surface area (Å²) in [6.07, 6.45) is 0.988. The topological polar surface area (TPSA) is 38.9 Å². The van der Waals surface area contributed by atoms with Gasteiger partial charge in [-0.3, -0.25) is 0 Å². The Bertz CT molecular complexity index is 207. The minimum atomic E-state index is 0.186. The van der Waals surface area contributed by atoms with E-state index >= 15 is 0 Å². The number of aromatic nitrogens is 1. The summed E-state index contributed by atoms with van der Waals surface area (Å²) in [4.78, 5) is 1.19. The summed E-state index contributed by atoms with van der Waals surface area (Å²) in [6.45, 7) is 4.07. The molecule has 0 aromatic carbocycles. The fourth-order valence-corrected chi connectivity index (χ4v) is 1.59. The third-order valence-corrected chi connectivity index (χ3v) is 2.46. The van der Waals surface area contributed by atoms with Crippen molar-refractivity contribution >= 4 is 11.5 Å². The Morgan fingerprint density at radius 2 is 2.50 bits per heavy atom. The van der Waals surface area contributed by atoms with Gasteiger partial charge in [-0.25, -0.2) is 0 Å². The van der Waals surface area contributed by atoms with Gasteiger partial charge in [0.1, 0.15) is 0 Å². The summed E-state index contributed by atoms with van der Waals surface area (Å²) in [5.74, 6) is 0. The number of hydrogen-bond acceptors (Lipinski definition) is 3. The van der Waals surface area contributed by atoms with Crippen molar-refractivity contribution in [3.05, 3.63) is 16.6 Å². The van der Waals surface area contributed by atoms with E-state index in [4.69, 9.17) is 5.73 Å². The van der Waals surface area contributed by atoms with E-state index in [9.17, 15) is 0 Å². The first-order valence-corrected chi connectivity index (χ1v) is 4.20. The molecule has 0 aliphatic rings. The van der Waals surface area contributed by atoms with Crippen molar-refractivity contribution in [1.82, 2.24) is 4.37 Å². The van der Waals surface area contributed by atoms with Gasteiger partial charge in [0.25, 0.3) is 0 Å². The van der Waals surface area contributed by atoms with Crippen LogP contribution in [0.1, 0.15) is 30.0 Å². The van der Waals surface area contributed by atoms with Crippen LogP contribution in [0.25, 0.3) is 0 Å². The molecule has 10 heavy (non-hydrogen) atoms. The average molecular weight is 156 g/mol. The Balaban J connectivity index is 2.74. The van der Waals surface area contributed by atoms with E-state index in [0.717, 1.165) is 12.1 Å². The van der Waals surface area contributed by atoms with Crippen LogP contribution >= 0.6 is 11.5 Å². The molecule has 0 saturated carbocycles. The maximum Gasteiger partial charge on any atom is 0.0514 e. The molecule has 1 rings (SSSR count). The van der Waals surface area contributed by atoms with Gasteiger partial charge in [-0.2, -0.15) is 4.37 Å². The molecule has 2 N–H and O–H groups in total. The molecule has 0 radical (unpaired) electrons. The fourth-order valence-electron chi connectivity index (χ4n) is 0.759. The van der Waals surface area contributed by atoms with Gasteiger partial charge in [0.2, 0.25) is 0 Å². The first-order valence-electron chi connectivity index (χ1n) is 3.43. The third kappa shape index (κ3) is 1.55. The predicted molar refractivity (Wildman–Crippen MR) is 44.1 cm³/mol. The van der Waals surface area contributed by atoms with Gasteiger partial charge in [0.05, 0.1) is 5.69 Å². The normalized spacial score (nSPS) is 13.5. The molecular weight excluding hydrogens is 144 g/mol. The SMILES string of the molecule is CCC(N)c1cc(C)ns1. The second-order valence-corrected chi connectivity index (χ2v) is 3.22. The van der Waals surface area contributed by atoms with E-state index in [-0.39, 0.29) is 6.04 Å². The highest BCUT2D eigenvalue weighted by Gasteiger charge is 2.05. The van der Waals surface area contributed by atoms with Crippen LogP contribution in [-0.4, -0.2) is 4.37 Å². The van der Waals surface area contributed by atoms with Crippen LogP contribution in [0.4, 0.5) is 0 Å². The van der Waals surface area contributed by atoms with Gasteiger partial charge in [-0.1, -0.05) is 6.92 Å². The lowest BCUT2D eigenvalue weighted by Crippen LogP contribution is -2.05. The van der Waals surface area contributed by atoms with E-state index in [1.54, 1.807) is 0 Å². The lowest BCUT2D eigenvalue weighted by Gasteiger charge is -2.01. The molecule has 1 aromatic heterocycles. The van der Waals surface area contributed by atoms with E-state index in [1.807, 2.05) is 6.92 Å². The van der Waals surface area contributed by atoms with Gasteiger partial charge in [0.15, 0.2) is 0 Å². The molecule has 1 atom stereocenters. The van der Waals surface area contributed by atoms with Crippen molar-refractivity contribution in [2.24, 2.45) is 5.73 Å². The Morgan fingerprint density at radius 3 is 2.90 bits per heavy atom. The van der Waals surface area contributed by atoms with Crippen LogP contribution in [0.3, 0.4) is 0 Å². The van der Waals surface area contributed by atoms with Crippen molar-refractivity contribution in [1.29, 1.82) is 0 Å². The molecule has 1 unspecified atom stereocenters. The summed E-state index contributed by atoms with van der Waals surface area (Å²) in [7, 11) is 0. The standard InChI is InChI=1S/C7H12N2S/c1-3-6(8)7-4-5(2)9-10-7/h4,6H,3,8H2,1-2H3. The first kappa shape index (κ1) is 7.69. The molecule has 0 bridgehead atoms. The summed E-state index contributed by atoms with van der Waals surface area (Å²) in [6, 6.07) is 2.24. The van der Waals surface area contributed by atoms with E-state index in [0.29, 0.717) is 0 Å². The van der Waals surface area contributed by atoms with E-state index < -0.39 is 0 Å². The second kappa shape index (κ2) is 3.12. The van der Waals surface area contributed by atoms with Gasteiger partial charge in [-0.15, -0.1) is 0 Å². The van der Waals surface area contributed by atoms with Gasteiger partial charge >= 0.3 is 0 Å². The fraction of sp³-hybridized carbons (Fsp3) is 0.571. The average Bonchev–Trinajstić information content (AvgIpc) is 2.34. The number of aryl methyl sites for hydroxylation is 1. The smallest absolute Gasteiger partial charge is 0.0514 e. The third-order valence-electron chi connectivity index (χ3n) is 1.45. The Labute approximate surface area is 65.2 Å². The molecule has 0 spiro atoms. The first-order chi connectivity index (χ1) is 4.74. The number of rotatable bonds is 2. The molecule has 1 heterocycles. The zero-order chi connectivity index (χ0) is 7.56. The van der Waals surface area contributed by atoms with Crippen LogP contribution in [0, 0.1) is 6.92 Å². The summed E-state index contributed by atoms with van der Waals surface area (Å²) >= 11 is 1.51. The molecule has 0 fully saturated rings. The van der Waals surface area contributed by atoms with Crippen molar-refractivity contribution < 1.29 is 0 Å². The minimum absolute atomic E-state index is 0.186. The zero-order valence-electron chi connectivity index (χ0n) is 6.29. The van der Waals surface area contributed by atoms with Crippen molar-refractivity contribution in [2.45, 2.75) is 26.3 Å². The van der Waals surface area contributed by atoms with Crippen molar-refractivity contribution in [3.63, 3.8) is 0 Å². The molecule has 0 aliphatic carbocycles. The van der Waals surface area contributed by atoms with Crippen LogP contribution in [0.15, 0.2) is 6.07 Å². The Hall–Kier alpha value is -0.410. The van der Waals surface area contributed by atoms with Gasteiger partial charge < -0.3 is 5.73 Å². The lowest BCUT2D eigenvalue weighted by atomic mass is 10.2. The van der Waals surface area contributed by atoms with Gasteiger partial charge in [0, 0.05) is 10.9 Å². The molecule has 2 nitrogen and oxygen atoms in total. The number of nitrogens with two attached hydrogens (primary N) is 1.